The summed E-state index contributed by atoms with van der Waals surface area (Å²) in [6.45, 7) is 3.28. The van der Waals surface area contributed by atoms with E-state index in [1.54, 1.807) is 13.0 Å². The lowest BCUT2D eigenvalue weighted by atomic mass is 10.4. The Morgan fingerprint density at radius 3 is 2.50 bits per heavy atom. The van der Waals surface area contributed by atoms with Crippen molar-refractivity contribution in [1.82, 2.24) is 9.62 Å². The van der Waals surface area contributed by atoms with Gasteiger partial charge in [-0.3, -0.25) is 10.1 Å². The highest BCUT2D eigenvalue weighted by atomic mass is 33.1. The third-order valence-electron chi connectivity index (χ3n) is 2.21. The Labute approximate surface area is 112 Å². The number of aryl methyl sites for hydroxylation is 2. The molecule has 0 atom stereocenters. The van der Waals surface area contributed by atoms with Crippen molar-refractivity contribution in [3.8, 4) is 0 Å². The summed E-state index contributed by atoms with van der Waals surface area (Å²) < 4.78 is 25.1. The fourth-order valence-electron chi connectivity index (χ4n) is 1.50. The topological polar surface area (TPSA) is 83.6 Å². The van der Waals surface area contributed by atoms with Gasteiger partial charge in [0.25, 0.3) is 8.87 Å². The summed E-state index contributed by atoms with van der Waals surface area (Å²) in [5.41, 5.74) is 0. The van der Waals surface area contributed by atoms with Gasteiger partial charge in [-0.15, -0.1) is 11.3 Å². The van der Waals surface area contributed by atoms with E-state index in [0.717, 1.165) is 9.18 Å². The predicted octanol–water partition coefficient (Wildman–Crippen LogP) is 1.25. The highest BCUT2D eigenvalue weighted by molar-refractivity contribution is 8.71. The Bertz CT molecular complexity index is 620. The SMILES string of the molecule is Cc1cc(S(=O)(=O)SN2CC(=O)NC2=O)c(C)s1. The lowest BCUT2D eigenvalue weighted by Crippen LogP contribution is -2.24. The zero-order valence-electron chi connectivity index (χ0n) is 9.59. The first-order valence-electron chi connectivity index (χ1n) is 4.92. The van der Waals surface area contributed by atoms with Gasteiger partial charge in [0.15, 0.2) is 0 Å². The molecule has 6 nitrogen and oxygen atoms in total. The summed E-state index contributed by atoms with van der Waals surface area (Å²) in [6, 6.07) is 0.871. The van der Waals surface area contributed by atoms with Gasteiger partial charge in [-0.2, -0.15) is 0 Å². The number of hydrogen-bond acceptors (Lipinski definition) is 6. The average Bonchev–Trinajstić information content (AvgIpc) is 2.70. The molecule has 0 aromatic carbocycles. The average molecular weight is 306 g/mol. The third kappa shape index (κ3) is 2.52. The Morgan fingerprint density at radius 2 is 2.06 bits per heavy atom. The van der Waals surface area contributed by atoms with Gasteiger partial charge in [-0.25, -0.2) is 17.5 Å². The molecule has 18 heavy (non-hydrogen) atoms. The van der Waals surface area contributed by atoms with Crippen molar-refractivity contribution in [2.45, 2.75) is 18.7 Å². The molecule has 1 saturated heterocycles. The van der Waals surface area contributed by atoms with E-state index in [-0.39, 0.29) is 11.4 Å². The predicted molar refractivity (Wildman–Crippen MR) is 68.8 cm³/mol. The zero-order chi connectivity index (χ0) is 13.5. The van der Waals surface area contributed by atoms with Crippen molar-refractivity contribution < 1.29 is 18.0 Å². The van der Waals surface area contributed by atoms with Gasteiger partial charge in [0, 0.05) is 9.75 Å². The van der Waals surface area contributed by atoms with E-state index in [0.29, 0.717) is 15.9 Å². The summed E-state index contributed by atoms with van der Waals surface area (Å²) in [7, 11) is -3.29. The minimum absolute atomic E-state index is 0.196. The number of thiophene rings is 1. The normalized spacial score (nSPS) is 16.2. The highest BCUT2D eigenvalue weighted by Gasteiger charge is 2.33. The Hall–Kier alpha value is -1.06. The largest absolute Gasteiger partial charge is 0.335 e. The molecule has 0 spiro atoms. The first-order chi connectivity index (χ1) is 8.29. The quantitative estimate of drug-likeness (QED) is 0.516. The van der Waals surface area contributed by atoms with E-state index in [1.165, 1.54) is 11.3 Å². The maximum Gasteiger partial charge on any atom is 0.335 e. The minimum Gasteiger partial charge on any atom is -0.276 e. The fraction of sp³-hybridized carbons (Fsp3) is 0.333. The molecule has 1 N–H and O–H groups in total. The summed E-state index contributed by atoms with van der Waals surface area (Å²) in [5, 5.41) is 2.03. The first-order valence-corrected chi connectivity index (χ1v) is 8.51. The monoisotopic (exact) mass is 306 g/mol. The molecule has 2 rings (SSSR count). The summed E-state index contributed by atoms with van der Waals surface area (Å²) in [5.74, 6) is -0.499. The smallest absolute Gasteiger partial charge is 0.276 e. The second kappa shape index (κ2) is 4.56. The van der Waals surface area contributed by atoms with Crippen molar-refractivity contribution in [1.29, 1.82) is 0 Å². The maximum atomic E-state index is 12.1. The van der Waals surface area contributed by atoms with E-state index in [2.05, 4.69) is 0 Å². The van der Waals surface area contributed by atoms with Crippen LogP contribution in [-0.2, 0) is 13.7 Å². The molecule has 1 aromatic rings. The van der Waals surface area contributed by atoms with Gasteiger partial charge in [-0.1, -0.05) is 0 Å². The number of urea groups is 1. The molecule has 0 saturated carbocycles. The molecular weight excluding hydrogens is 296 g/mol. The van der Waals surface area contributed by atoms with Crippen LogP contribution in [0.4, 0.5) is 4.79 Å². The summed E-state index contributed by atoms with van der Waals surface area (Å²) >= 11 is 1.38. The molecular formula is C9H10N2O4S3. The molecule has 0 radical (unpaired) electrons. The molecule has 1 fully saturated rings. The molecule has 1 aliphatic rings. The van der Waals surface area contributed by atoms with E-state index >= 15 is 0 Å². The standard InChI is InChI=1S/C9H10N2O4S3/c1-5-3-7(6(2)16-5)18(14,15)17-11-4-8(12)10-9(11)13/h3H,4H2,1-2H3,(H,10,12,13). The van der Waals surface area contributed by atoms with Crippen LogP contribution in [0.1, 0.15) is 9.75 Å². The van der Waals surface area contributed by atoms with Crippen LogP contribution in [-0.4, -0.2) is 31.2 Å². The minimum atomic E-state index is -3.67. The van der Waals surface area contributed by atoms with Crippen molar-refractivity contribution >= 4 is 43.1 Å². The van der Waals surface area contributed by atoms with Gasteiger partial charge in [0.2, 0.25) is 5.91 Å². The number of carbonyl (C=O) groups is 2. The second-order valence-corrected chi connectivity index (χ2v) is 8.86. The molecule has 3 amide bonds. The fourth-order valence-corrected chi connectivity index (χ4v) is 6.11. The number of carbonyl (C=O) groups excluding carboxylic acids is 2. The van der Waals surface area contributed by atoms with Crippen molar-refractivity contribution in [2.75, 3.05) is 6.54 Å². The Morgan fingerprint density at radius 1 is 1.39 bits per heavy atom. The maximum absolute atomic E-state index is 12.1. The molecule has 9 heteroatoms. The molecule has 1 aromatic heterocycles. The van der Waals surface area contributed by atoms with Crippen LogP contribution in [0.25, 0.3) is 0 Å². The number of nitrogens with zero attached hydrogens (tertiary/aromatic N) is 1. The van der Waals surface area contributed by atoms with Crippen LogP contribution in [0.3, 0.4) is 0 Å². The van der Waals surface area contributed by atoms with E-state index in [9.17, 15) is 18.0 Å². The lowest BCUT2D eigenvalue weighted by Gasteiger charge is -2.10. The van der Waals surface area contributed by atoms with Gasteiger partial charge in [0.05, 0.1) is 15.9 Å². The van der Waals surface area contributed by atoms with Gasteiger partial charge >= 0.3 is 6.03 Å². The van der Waals surface area contributed by atoms with Crippen LogP contribution >= 0.6 is 22.3 Å². The van der Waals surface area contributed by atoms with Crippen molar-refractivity contribution in [3.05, 3.63) is 15.8 Å². The van der Waals surface area contributed by atoms with Crippen LogP contribution in [0, 0.1) is 13.8 Å². The summed E-state index contributed by atoms with van der Waals surface area (Å²) in [6.07, 6.45) is 0. The van der Waals surface area contributed by atoms with Crippen LogP contribution < -0.4 is 5.32 Å². The van der Waals surface area contributed by atoms with Crippen molar-refractivity contribution in [2.24, 2.45) is 0 Å². The molecule has 0 bridgehead atoms. The van der Waals surface area contributed by atoms with Gasteiger partial charge in [0.1, 0.15) is 6.54 Å². The molecule has 0 aliphatic carbocycles. The molecule has 0 unspecified atom stereocenters. The summed E-state index contributed by atoms with van der Waals surface area (Å²) in [4.78, 5) is 24.0. The number of amides is 3. The van der Waals surface area contributed by atoms with E-state index in [4.69, 9.17) is 0 Å². The van der Waals surface area contributed by atoms with E-state index < -0.39 is 20.8 Å². The Kier molecular flexibility index (Phi) is 3.39. The second-order valence-electron chi connectivity index (χ2n) is 3.70. The van der Waals surface area contributed by atoms with Crippen LogP contribution in [0.5, 0.6) is 0 Å². The highest BCUT2D eigenvalue weighted by Crippen LogP contribution is 2.33. The van der Waals surface area contributed by atoms with Gasteiger partial charge in [-0.05, 0) is 19.9 Å². The third-order valence-corrected chi connectivity index (χ3v) is 6.61. The van der Waals surface area contributed by atoms with Crippen LogP contribution in [0.15, 0.2) is 11.0 Å². The zero-order valence-corrected chi connectivity index (χ0v) is 12.0. The first kappa shape index (κ1) is 13.4. The molecule has 1 aliphatic heterocycles. The number of hydrogen-bond donors (Lipinski definition) is 1. The number of rotatable bonds is 3. The van der Waals surface area contributed by atoms with E-state index in [1.807, 2.05) is 12.2 Å². The van der Waals surface area contributed by atoms with Crippen LogP contribution in [0.2, 0.25) is 0 Å². The molecule has 2 heterocycles. The van der Waals surface area contributed by atoms with Gasteiger partial charge < -0.3 is 0 Å². The number of nitrogens with one attached hydrogen (secondary N) is 1. The lowest BCUT2D eigenvalue weighted by molar-refractivity contribution is -0.118. The van der Waals surface area contributed by atoms with Crippen molar-refractivity contribution in [3.63, 3.8) is 0 Å². The number of imide groups is 1. The Balaban J connectivity index is 2.25. The molecule has 98 valence electrons.